The number of nitrogens with one attached hydrogen (secondary N) is 1. The molecule has 1 aromatic heterocycles. The van der Waals surface area contributed by atoms with Crippen LogP contribution < -0.4 is 10.7 Å². The van der Waals surface area contributed by atoms with Crippen molar-refractivity contribution in [3.05, 3.63) is 62.0 Å². The van der Waals surface area contributed by atoms with Crippen LogP contribution in [-0.4, -0.2) is 29.9 Å². The number of hydrogen-bond donors (Lipinski definition) is 1. The molecule has 1 aliphatic rings. The van der Waals surface area contributed by atoms with E-state index in [0.29, 0.717) is 17.6 Å². The Labute approximate surface area is 171 Å². The fourth-order valence-electron chi connectivity index (χ4n) is 3.20. The summed E-state index contributed by atoms with van der Waals surface area (Å²) in [5, 5.41) is 2.86. The van der Waals surface area contributed by atoms with Crippen molar-refractivity contribution in [1.82, 2.24) is 9.88 Å². The lowest BCUT2D eigenvalue weighted by atomic mass is 10.1. The van der Waals surface area contributed by atoms with Gasteiger partial charge in [-0.05, 0) is 59.6 Å². The summed E-state index contributed by atoms with van der Waals surface area (Å²) in [6.07, 6.45) is 5.64. The predicted octanol–water partition coefficient (Wildman–Crippen LogP) is 3.92. The summed E-state index contributed by atoms with van der Waals surface area (Å²) in [5.74, 6) is -0.361. The molecule has 1 aliphatic heterocycles. The standard InChI is InChI=1S/C20H23BrN2O3S/c1-13-18(21)19(24)17(11-23(13)15-4-3-9-26-12-15)20(25)22-10-14-5-7-16(27-2)8-6-14/h5-8,11,15H,3-4,9-10,12H2,1-2H3,(H,22,25). The zero-order valence-corrected chi connectivity index (χ0v) is 17.9. The van der Waals surface area contributed by atoms with Gasteiger partial charge in [-0.1, -0.05) is 12.1 Å². The molecule has 1 unspecified atom stereocenters. The number of carbonyl (C=O) groups is 1. The van der Waals surface area contributed by atoms with E-state index in [9.17, 15) is 9.59 Å². The summed E-state index contributed by atoms with van der Waals surface area (Å²) in [4.78, 5) is 26.5. The van der Waals surface area contributed by atoms with Gasteiger partial charge in [-0.15, -0.1) is 11.8 Å². The first kappa shape index (κ1) is 20.2. The van der Waals surface area contributed by atoms with Crippen LogP contribution >= 0.6 is 27.7 Å². The molecule has 1 amide bonds. The Morgan fingerprint density at radius 1 is 1.37 bits per heavy atom. The molecule has 2 heterocycles. The fourth-order valence-corrected chi connectivity index (χ4v) is 4.02. The highest BCUT2D eigenvalue weighted by Gasteiger charge is 2.22. The lowest BCUT2D eigenvalue weighted by Gasteiger charge is -2.27. The van der Waals surface area contributed by atoms with Gasteiger partial charge in [0.15, 0.2) is 0 Å². The van der Waals surface area contributed by atoms with E-state index in [0.717, 1.165) is 30.7 Å². The topological polar surface area (TPSA) is 60.3 Å². The van der Waals surface area contributed by atoms with E-state index in [-0.39, 0.29) is 22.9 Å². The summed E-state index contributed by atoms with van der Waals surface area (Å²) >= 11 is 5.04. The number of nitrogens with zero attached hydrogens (tertiary/aromatic N) is 1. The van der Waals surface area contributed by atoms with E-state index in [1.54, 1.807) is 18.0 Å². The average Bonchev–Trinajstić information content (AvgIpc) is 2.71. The van der Waals surface area contributed by atoms with Crippen LogP contribution in [0.4, 0.5) is 0 Å². The second-order valence-electron chi connectivity index (χ2n) is 6.58. The van der Waals surface area contributed by atoms with E-state index in [1.165, 1.54) is 4.90 Å². The normalized spacial score (nSPS) is 16.9. The van der Waals surface area contributed by atoms with Crippen molar-refractivity contribution >= 4 is 33.6 Å². The van der Waals surface area contributed by atoms with Gasteiger partial charge < -0.3 is 14.6 Å². The summed E-state index contributed by atoms with van der Waals surface area (Å²) in [7, 11) is 0. The Hall–Kier alpha value is -1.57. The first-order chi connectivity index (χ1) is 13.0. The summed E-state index contributed by atoms with van der Waals surface area (Å²) in [6.45, 7) is 3.62. The lowest BCUT2D eigenvalue weighted by Crippen LogP contribution is -2.32. The molecule has 0 saturated carbocycles. The number of pyridine rings is 1. The van der Waals surface area contributed by atoms with Crippen molar-refractivity contribution in [2.24, 2.45) is 0 Å². The van der Waals surface area contributed by atoms with Crippen molar-refractivity contribution in [2.45, 2.75) is 37.2 Å². The number of hydrogen-bond acceptors (Lipinski definition) is 4. The SMILES string of the molecule is CSc1ccc(CNC(=O)c2cn(C3CCCOC3)c(C)c(Br)c2=O)cc1. The van der Waals surface area contributed by atoms with Crippen LogP contribution in [0.1, 0.15) is 40.5 Å². The fraction of sp³-hybridized carbons (Fsp3) is 0.400. The third-order valence-electron chi connectivity index (χ3n) is 4.80. The maximum atomic E-state index is 12.7. The molecule has 27 heavy (non-hydrogen) atoms. The molecule has 1 N–H and O–H groups in total. The van der Waals surface area contributed by atoms with Crippen molar-refractivity contribution in [2.75, 3.05) is 19.5 Å². The molecule has 7 heteroatoms. The van der Waals surface area contributed by atoms with Crippen molar-refractivity contribution in [1.29, 1.82) is 0 Å². The second-order valence-corrected chi connectivity index (χ2v) is 8.25. The smallest absolute Gasteiger partial charge is 0.257 e. The van der Waals surface area contributed by atoms with Crippen molar-refractivity contribution in [3.63, 3.8) is 0 Å². The molecule has 3 rings (SSSR count). The summed E-state index contributed by atoms with van der Waals surface area (Å²) < 4.78 is 8.00. The Morgan fingerprint density at radius 2 is 2.11 bits per heavy atom. The molecule has 144 valence electrons. The minimum absolute atomic E-state index is 0.140. The molecule has 1 atom stereocenters. The van der Waals surface area contributed by atoms with Crippen LogP contribution in [-0.2, 0) is 11.3 Å². The Morgan fingerprint density at radius 3 is 2.74 bits per heavy atom. The molecule has 1 aromatic carbocycles. The van der Waals surface area contributed by atoms with E-state index in [4.69, 9.17) is 4.74 Å². The van der Waals surface area contributed by atoms with Gasteiger partial charge in [0.05, 0.1) is 17.1 Å². The van der Waals surface area contributed by atoms with Gasteiger partial charge in [-0.3, -0.25) is 9.59 Å². The van der Waals surface area contributed by atoms with Gasteiger partial charge in [-0.25, -0.2) is 0 Å². The van der Waals surface area contributed by atoms with Crippen LogP contribution in [0, 0.1) is 6.92 Å². The number of carbonyl (C=O) groups excluding carboxylic acids is 1. The molecule has 2 aromatic rings. The summed E-state index contributed by atoms with van der Waals surface area (Å²) in [6, 6.07) is 8.14. The lowest BCUT2D eigenvalue weighted by molar-refractivity contribution is 0.0581. The number of halogens is 1. The molecule has 1 fully saturated rings. The largest absolute Gasteiger partial charge is 0.379 e. The zero-order valence-electron chi connectivity index (χ0n) is 15.5. The van der Waals surface area contributed by atoms with Crippen LogP contribution in [0.25, 0.3) is 0 Å². The van der Waals surface area contributed by atoms with Crippen molar-refractivity contribution in [3.8, 4) is 0 Å². The number of thioether (sulfide) groups is 1. The molecular weight excluding hydrogens is 428 g/mol. The molecule has 0 spiro atoms. The van der Waals surface area contributed by atoms with E-state index in [1.807, 2.05) is 42.0 Å². The maximum absolute atomic E-state index is 12.7. The molecule has 0 aliphatic carbocycles. The highest BCUT2D eigenvalue weighted by Crippen LogP contribution is 2.24. The van der Waals surface area contributed by atoms with Crippen molar-refractivity contribution < 1.29 is 9.53 Å². The highest BCUT2D eigenvalue weighted by atomic mass is 79.9. The molecule has 1 saturated heterocycles. The number of benzene rings is 1. The van der Waals surface area contributed by atoms with E-state index < -0.39 is 0 Å². The molecule has 0 bridgehead atoms. The van der Waals surface area contributed by atoms with Crippen LogP contribution in [0.15, 0.2) is 44.6 Å². The van der Waals surface area contributed by atoms with Gasteiger partial charge in [0, 0.05) is 29.9 Å². The minimum Gasteiger partial charge on any atom is -0.379 e. The first-order valence-corrected chi connectivity index (χ1v) is 10.9. The number of ether oxygens (including phenoxy) is 1. The quantitative estimate of drug-likeness (QED) is 0.701. The average molecular weight is 451 g/mol. The monoisotopic (exact) mass is 450 g/mol. The number of amides is 1. The molecular formula is C20H23BrN2O3S. The first-order valence-electron chi connectivity index (χ1n) is 8.91. The number of rotatable bonds is 5. The molecule has 5 nitrogen and oxygen atoms in total. The highest BCUT2D eigenvalue weighted by molar-refractivity contribution is 9.10. The number of aromatic nitrogens is 1. The maximum Gasteiger partial charge on any atom is 0.257 e. The zero-order chi connectivity index (χ0) is 19.4. The van der Waals surface area contributed by atoms with Gasteiger partial charge in [-0.2, -0.15) is 0 Å². The minimum atomic E-state index is -0.361. The second kappa shape index (κ2) is 9.08. The van der Waals surface area contributed by atoms with Crippen LogP contribution in [0.2, 0.25) is 0 Å². The predicted molar refractivity (Wildman–Crippen MR) is 112 cm³/mol. The van der Waals surface area contributed by atoms with Gasteiger partial charge >= 0.3 is 0 Å². The Bertz CT molecular complexity index is 874. The van der Waals surface area contributed by atoms with E-state index in [2.05, 4.69) is 21.2 Å². The Kier molecular flexibility index (Phi) is 6.78. The van der Waals surface area contributed by atoms with E-state index >= 15 is 0 Å². The van der Waals surface area contributed by atoms with Crippen LogP contribution in [0.3, 0.4) is 0 Å². The van der Waals surface area contributed by atoms with Crippen LogP contribution in [0.5, 0.6) is 0 Å². The Balaban J connectivity index is 1.80. The third kappa shape index (κ3) is 4.65. The van der Waals surface area contributed by atoms with Gasteiger partial charge in [0.2, 0.25) is 5.43 Å². The summed E-state index contributed by atoms with van der Waals surface area (Å²) in [5.41, 5.74) is 1.68. The third-order valence-corrected chi connectivity index (χ3v) is 6.48. The van der Waals surface area contributed by atoms with Gasteiger partial charge in [0.1, 0.15) is 5.56 Å². The van der Waals surface area contributed by atoms with Gasteiger partial charge in [0.25, 0.3) is 5.91 Å². The molecule has 0 radical (unpaired) electrons.